The Hall–Kier alpha value is -2.18. The van der Waals surface area contributed by atoms with Crippen molar-refractivity contribution in [3.8, 4) is 0 Å². The Balaban J connectivity index is 1.93. The third-order valence-corrected chi connectivity index (χ3v) is 2.60. The van der Waals surface area contributed by atoms with Crippen molar-refractivity contribution in [1.29, 1.82) is 0 Å². The van der Waals surface area contributed by atoms with Gasteiger partial charge in [0.1, 0.15) is 0 Å². The molecule has 0 atom stereocenters. The first-order chi connectivity index (χ1) is 8.49. The first-order valence-corrected chi connectivity index (χ1v) is 5.32. The van der Waals surface area contributed by atoms with Crippen molar-refractivity contribution in [1.82, 2.24) is 9.96 Å². The van der Waals surface area contributed by atoms with Gasteiger partial charge in [0.15, 0.2) is 0 Å². The van der Waals surface area contributed by atoms with Crippen LogP contribution >= 0.6 is 0 Å². The Bertz CT molecular complexity index is 457. The van der Waals surface area contributed by atoms with Crippen molar-refractivity contribution in [3.63, 3.8) is 0 Å². The summed E-state index contributed by atoms with van der Waals surface area (Å²) in [5.41, 5.74) is 0.597. The number of hydrogen-bond acceptors (Lipinski definition) is 4. The molecule has 0 aromatic rings. The van der Waals surface area contributed by atoms with Crippen molar-refractivity contribution in [3.05, 3.63) is 24.4 Å². The summed E-state index contributed by atoms with van der Waals surface area (Å²) in [5.74, 6) is -1.46. The molecule has 0 unspecified atom stereocenters. The van der Waals surface area contributed by atoms with Crippen LogP contribution in [0.2, 0.25) is 0 Å². The molecule has 2 heterocycles. The van der Waals surface area contributed by atoms with Crippen molar-refractivity contribution in [2.75, 3.05) is 6.54 Å². The first kappa shape index (κ1) is 12.3. The van der Waals surface area contributed by atoms with Crippen molar-refractivity contribution >= 4 is 30.9 Å². The van der Waals surface area contributed by atoms with Crippen LogP contribution < -0.4 is 0 Å². The van der Waals surface area contributed by atoms with Gasteiger partial charge < -0.3 is 0 Å². The number of nitrogens with zero attached hydrogens (tertiary/aromatic N) is 2. The van der Waals surface area contributed by atoms with Gasteiger partial charge in [-0.05, 0) is 0 Å². The van der Waals surface area contributed by atoms with Crippen LogP contribution in [0.5, 0.6) is 0 Å². The molecule has 2 aliphatic rings. The molecular formula is C11H10BN2O4. The molecule has 0 aromatic carbocycles. The second-order valence-corrected chi connectivity index (χ2v) is 3.90. The number of carbonyl (C=O) groups excluding carboxylic acids is 3. The number of hydroxylamine groups is 2. The Morgan fingerprint density at radius 3 is 2.61 bits per heavy atom. The number of allylic oxidation sites excluding steroid dienone is 1. The Morgan fingerprint density at radius 2 is 2.11 bits per heavy atom. The fourth-order valence-corrected chi connectivity index (χ4v) is 1.64. The van der Waals surface area contributed by atoms with Gasteiger partial charge in [-0.1, -0.05) is 0 Å². The average Bonchev–Trinajstić information content (AvgIpc) is 2.79. The zero-order valence-corrected chi connectivity index (χ0v) is 9.59. The van der Waals surface area contributed by atoms with E-state index in [0.29, 0.717) is 12.1 Å². The number of amides is 2. The van der Waals surface area contributed by atoms with E-state index in [4.69, 9.17) is 12.3 Å². The molecule has 2 aliphatic heterocycles. The molecule has 0 N–H and O–H groups in total. The van der Waals surface area contributed by atoms with Crippen LogP contribution in [0.25, 0.3) is 0 Å². The molecule has 2 amide bonds. The van der Waals surface area contributed by atoms with E-state index in [-0.39, 0.29) is 24.5 Å². The van der Waals surface area contributed by atoms with Crippen molar-refractivity contribution in [2.45, 2.75) is 12.8 Å². The second-order valence-electron chi connectivity index (χ2n) is 3.90. The molecule has 7 heteroatoms. The van der Waals surface area contributed by atoms with Gasteiger partial charge in [-0.2, -0.15) is 0 Å². The van der Waals surface area contributed by atoms with Crippen LogP contribution in [-0.2, 0) is 19.2 Å². The van der Waals surface area contributed by atoms with Crippen LogP contribution in [0.4, 0.5) is 0 Å². The summed E-state index contributed by atoms with van der Waals surface area (Å²) < 4.78 is 0. The predicted octanol–water partition coefficient (Wildman–Crippen LogP) is -0.723. The molecule has 0 aliphatic carbocycles. The zero-order chi connectivity index (χ0) is 13.3. The van der Waals surface area contributed by atoms with Crippen molar-refractivity contribution < 1.29 is 19.2 Å². The summed E-state index contributed by atoms with van der Waals surface area (Å²) >= 11 is 0. The van der Waals surface area contributed by atoms with E-state index in [1.54, 1.807) is 0 Å². The van der Waals surface area contributed by atoms with Gasteiger partial charge in [-0.3, -0.25) is 0 Å². The zero-order valence-electron chi connectivity index (χ0n) is 9.59. The molecule has 1 fully saturated rings. The third-order valence-electron chi connectivity index (χ3n) is 2.60. The SMILES string of the molecule is [B]=C1C=CC(=O)N1CC(=O)ON1C(=C)CCC1=O. The Morgan fingerprint density at radius 1 is 1.39 bits per heavy atom. The molecule has 18 heavy (non-hydrogen) atoms. The second kappa shape index (κ2) is 4.60. The fraction of sp³-hybridized carbons (Fsp3) is 0.273. The molecular weight excluding hydrogens is 235 g/mol. The average molecular weight is 245 g/mol. The summed E-state index contributed by atoms with van der Waals surface area (Å²) in [5, 5.41) is 0.868. The van der Waals surface area contributed by atoms with Gasteiger partial charge in [0.2, 0.25) is 0 Å². The van der Waals surface area contributed by atoms with Gasteiger partial charge in [-0.25, -0.2) is 0 Å². The van der Waals surface area contributed by atoms with E-state index in [0.717, 1.165) is 9.96 Å². The van der Waals surface area contributed by atoms with Crippen LogP contribution in [0, 0.1) is 0 Å². The van der Waals surface area contributed by atoms with E-state index in [1.165, 1.54) is 12.2 Å². The van der Waals surface area contributed by atoms with Crippen LogP contribution in [0.3, 0.4) is 0 Å². The molecule has 0 bridgehead atoms. The topological polar surface area (TPSA) is 66.9 Å². The van der Waals surface area contributed by atoms with Crippen LogP contribution in [0.15, 0.2) is 24.4 Å². The van der Waals surface area contributed by atoms with Gasteiger partial charge in [0.25, 0.3) is 0 Å². The van der Waals surface area contributed by atoms with Gasteiger partial charge in [0, 0.05) is 0 Å². The molecule has 0 saturated carbocycles. The predicted molar refractivity (Wildman–Crippen MR) is 62.9 cm³/mol. The number of rotatable bonds is 3. The van der Waals surface area contributed by atoms with Gasteiger partial charge in [0.05, 0.1) is 0 Å². The molecule has 0 spiro atoms. The summed E-state index contributed by atoms with van der Waals surface area (Å²) in [7, 11) is 5.51. The standard InChI is InChI=1S/C11H10BN2O4/c1-7-2-4-10(16)14(7)18-11(17)6-13-8(12)3-5-9(13)15/h3,5H,1-2,4,6H2. The molecule has 0 aromatic heterocycles. The minimum absolute atomic E-state index is 0.170. The quantitative estimate of drug-likeness (QED) is 0.615. The Labute approximate surface area is 105 Å². The maximum atomic E-state index is 11.6. The van der Waals surface area contributed by atoms with Gasteiger partial charge >= 0.3 is 104 Å². The summed E-state index contributed by atoms with van der Waals surface area (Å²) in [6.07, 6.45) is 3.38. The van der Waals surface area contributed by atoms with E-state index in [9.17, 15) is 14.4 Å². The first-order valence-electron chi connectivity index (χ1n) is 5.32. The summed E-state index contributed by atoms with van der Waals surface area (Å²) in [6, 6.07) is 0. The molecule has 91 valence electrons. The van der Waals surface area contributed by atoms with E-state index in [2.05, 4.69) is 6.58 Å². The van der Waals surface area contributed by atoms with E-state index >= 15 is 0 Å². The van der Waals surface area contributed by atoms with Gasteiger partial charge in [-0.15, -0.1) is 0 Å². The minimum atomic E-state index is -0.744. The molecule has 6 nitrogen and oxygen atoms in total. The molecule has 1 radical (unpaired) electrons. The maximum absolute atomic E-state index is 11.6. The molecule has 1 saturated heterocycles. The van der Waals surface area contributed by atoms with Crippen LogP contribution in [-0.4, -0.2) is 47.4 Å². The van der Waals surface area contributed by atoms with Crippen LogP contribution in [0.1, 0.15) is 12.8 Å². The van der Waals surface area contributed by atoms with E-state index in [1.807, 2.05) is 0 Å². The number of hydrogen-bond donors (Lipinski definition) is 0. The summed E-state index contributed by atoms with van der Waals surface area (Å²) in [4.78, 5) is 40.2. The Kier molecular flexibility index (Phi) is 3.14. The third kappa shape index (κ3) is 2.25. The van der Waals surface area contributed by atoms with Crippen molar-refractivity contribution in [2.24, 2.45) is 0 Å². The normalized spacial score (nSPS) is 19.1. The molecule has 2 rings (SSSR count). The fourth-order valence-electron chi connectivity index (χ4n) is 1.64. The monoisotopic (exact) mass is 245 g/mol. The number of carbonyl (C=O) groups is 3. The summed E-state index contributed by atoms with van der Waals surface area (Å²) in [6.45, 7) is 3.27. The van der Waals surface area contributed by atoms with E-state index < -0.39 is 11.9 Å².